The minimum Gasteiger partial charge on any atom is -0.455 e. The Morgan fingerprint density at radius 3 is 2.35 bits per heavy atom. The average Bonchev–Trinajstić information content (AvgIpc) is 3.85. The Labute approximate surface area is 425 Å². The minimum absolute atomic E-state index is 0.0735. The fourth-order valence-corrected chi connectivity index (χ4v) is 18.5. The van der Waals surface area contributed by atoms with Crippen molar-refractivity contribution in [3.8, 4) is 22.4 Å². The number of amides is 2. The van der Waals surface area contributed by atoms with E-state index in [9.17, 15) is 18.0 Å². The number of hydrogen-bond acceptors (Lipinski definition) is 11. The summed E-state index contributed by atoms with van der Waals surface area (Å²) in [6, 6.07) is 18.2. The van der Waals surface area contributed by atoms with Crippen LogP contribution in [0.2, 0.25) is 25.7 Å². The Morgan fingerprint density at radius 1 is 0.915 bits per heavy atom. The number of urea groups is 1. The highest BCUT2D eigenvalue weighted by atomic mass is 32.2. The Morgan fingerprint density at radius 2 is 1.65 bits per heavy atom. The number of ether oxygens (including phenoxy) is 3. The van der Waals surface area contributed by atoms with Gasteiger partial charge in [-0.15, -0.1) is 0 Å². The van der Waals surface area contributed by atoms with Gasteiger partial charge >= 0.3 is 12.0 Å². The molecule has 4 fully saturated rings. The van der Waals surface area contributed by atoms with Gasteiger partial charge in [0.15, 0.2) is 10.8 Å². The molecule has 1 aliphatic heterocycles. The van der Waals surface area contributed by atoms with Crippen LogP contribution in [0.1, 0.15) is 101 Å². The summed E-state index contributed by atoms with van der Waals surface area (Å²) in [7, 11) is -3.43. The molecular formula is C54H73N7O7S2Si. The normalized spacial score (nSPS) is 24.2. The van der Waals surface area contributed by atoms with Crippen LogP contribution < -0.4 is 10.2 Å². The molecule has 2 unspecified atom stereocenters. The molecule has 382 valence electrons. The van der Waals surface area contributed by atoms with Crippen molar-refractivity contribution in [1.82, 2.24) is 24.1 Å². The molecule has 2 aromatic carbocycles. The fourth-order valence-electron chi connectivity index (χ4n) is 13.2. The fraction of sp³-hybridized carbons (Fsp3) is 0.574. The average molecular weight is 1020 g/mol. The van der Waals surface area contributed by atoms with Gasteiger partial charge in [0.1, 0.15) is 5.60 Å². The smallest absolute Gasteiger partial charge is 0.358 e. The standard InChI is InChI=1S/C54H73N7O7S2Si/c1-37-41(29-55-61(37)36-53-31-51(5)30-52(6,32-53)34-54(33-51,35-53)67-25-23-59(22-24-66-7)70(64,65)26-27-71(8,9)10)40-19-20-42(56-46(40)47(62)68-50(2,3)4)39-18-17-38-14-13-21-60(44(38)28-39)49(63)58-48-57-43-15-11-12-16-45(43)69-48/h11-12,15-20,28-29H,13-14,21-27,30-36H2,1-10H3,(H,57,58,63). The predicted octanol–water partition coefficient (Wildman–Crippen LogP) is 11.2. The number of carbonyl (C=O) groups excluding carboxylic acids is 2. The Kier molecular flexibility index (Phi) is 13.8. The second-order valence-corrected chi connectivity index (χ2v) is 32.9. The van der Waals surface area contributed by atoms with Crippen molar-refractivity contribution in [3.63, 3.8) is 0 Å². The molecule has 0 spiro atoms. The van der Waals surface area contributed by atoms with E-state index in [0.29, 0.717) is 61.8 Å². The molecule has 2 amide bonds. The number of thiazole rings is 1. The lowest BCUT2D eigenvalue weighted by molar-refractivity contribution is -0.248. The third-order valence-corrected chi connectivity index (χ3v) is 20.0. The zero-order chi connectivity index (χ0) is 50.8. The number of nitrogens with zero attached hydrogens (tertiary/aromatic N) is 6. The first-order valence-corrected chi connectivity index (χ1v) is 31.5. The zero-order valence-corrected chi connectivity index (χ0v) is 46.1. The van der Waals surface area contributed by atoms with Crippen LogP contribution in [0.4, 0.5) is 15.6 Å². The number of carbonyl (C=O) groups is 2. The molecule has 4 saturated carbocycles. The summed E-state index contributed by atoms with van der Waals surface area (Å²) < 4.78 is 50.5. The van der Waals surface area contributed by atoms with Crippen molar-refractivity contribution >= 4 is 62.5 Å². The summed E-state index contributed by atoms with van der Waals surface area (Å²) >= 11 is 1.45. The van der Waals surface area contributed by atoms with Crippen LogP contribution in [0.5, 0.6) is 0 Å². The molecule has 0 saturated heterocycles. The molecule has 1 N–H and O–H groups in total. The molecule has 10 rings (SSSR count). The maximum Gasteiger partial charge on any atom is 0.358 e. The number of methoxy groups -OCH3 is 1. The van der Waals surface area contributed by atoms with Crippen molar-refractivity contribution in [2.24, 2.45) is 16.2 Å². The highest BCUT2D eigenvalue weighted by molar-refractivity contribution is 7.89. The lowest BCUT2D eigenvalue weighted by Crippen LogP contribution is -2.64. The molecule has 5 aromatic rings. The Bertz CT molecular complexity index is 2890. The van der Waals surface area contributed by atoms with Gasteiger partial charge in [0.05, 0.1) is 46.7 Å². The number of aromatic nitrogens is 4. The molecule has 2 atom stereocenters. The van der Waals surface area contributed by atoms with E-state index >= 15 is 0 Å². The number of pyridine rings is 1. The van der Waals surface area contributed by atoms with E-state index in [1.54, 1.807) is 16.3 Å². The van der Waals surface area contributed by atoms with Crippen LogP contribution in [0.25, 0.3) is 32.6 Å². The van der Waals surface area contributed by atoms with Crippen molar-refractivity contribution < 1.29 is 32.2 Å². The minimum atomic E-state index is -3.47. The monoisotopic (exact) mass is 1020 g/mol. The van der Waals surface area contributed by atoms with Crippen molar-refractivity contribution in [1.29, 1.82) is 0 Å². The number of sulfonamides is 1. The molecule has 4 aliphatic carbocycles. The van der Waals surface area contributed by atoms with Gasteiger partial charge in [-0.25, -0.2) is 28.0 Å². The number of hydrogen-bond donors (Lipinski definition) is 1. The van der Waals surface area contributed by atoms with E-state index in [1.165, 1.54) is 11.3 Å². The molecule has 4 heterocycles. The third kappa shape index (κ3) is 11.2. The van der Waals surface area contributed by atoms with Gasteiger partial charge in [0.25, 0.3) is 0 Å². The van der Waals surface area contributed by atoms with Gasteiger partial charge in [-0.3, -0.25) is 14.9 Å². The van der Waals surface area contributed by atoms with Gasteiger partial charge in [-0.2, -0.15) is 9.40 Å². The van der Waals surface area contributed by atoms with Gasteiger partial charge in [0.2, 0.25) is 10.0 Å². The number of rotatable bonds is 17. The van der Waals surface area contributed by atoms with Crippen LogP contribution in [-0.4, -0.2) is 109 Å². The highest BCUT2D eigenvalue weighted by Gasteiger charge is 2.66. The van der Waals surface area contributed by atoms with Crippen LogP contribution in [0, 0.1) is 23.2 Å². The summed E-state index contributed by atoms with van der Waals surface area (Å²) in [6.07, 6.45) is 9.57. The van der Waals surface area contributed by atoms with E-state index < -0.39 is 29.7 Å². The van der Waals surface area contributed by atoms with E-state index in [0.717, 1.165) is 89.7 Å². The molecule has 0 radical (unpaired) electrons. The zero-order valence-electron chi connectivity index (χ0n) is 43.4. The number of para-hydroxylation sites is 1. The van der Waals surface area contributed by atoms with Crippen LogP contribution >= 0.6 is 11.3 Å². The number of aryl methyl sites for hydroxylation is 1. The first kappa shape index (κ1) is 51.4. The number of benzene rings is 2. The number of anilines is 2. The van der Waals surface area contributed by atoms with E-state index in [-0.39, 0.29) is 39.3 Å². The lowest BCUT2D eigenvalue weighted by atomic mass is 9.39. The van der Waals surface area contributed by atoms with E-state index in [4.69, 9.17) is 24.3 Å². The molecule has 5 aliphatic rings. The maximum atomic E-state index is 14.2. The summed E-state index contributed by atoms with van der Waals surface area (Å²) in [4.78, 5) is 39.6. The van der Waals surface area contributed by atoms with Gasteiger partial charge < -0.3 is 14.2 Å². The molecule has 4 bridgehead atoms. The third-order valence-electron chi connectivity index (χ3n) is 15.1. The largest absolute Gasteiger partial charge is 0.455 e. The second-order valence-electron chi connectivity index (χ2n) is 24.1. The van der Waals surface area contributed by atoms with E-state index in [2.05, 4.69) is 61.5 Å². The van der Waals surface area contributed by atoms with Crippen molar-refractivity contribution in [2.45, 2.75) is 136 Å². The number of fused-ring (bicyclic) bond motifs is 2. The number of esters is 1. The summed E-state index contributed by atoms with van der Waals surface area (Å²) in [5, 5.41) is 8.63. The van der Waals surface area contributed by atoms with E-state index in [1.807, 2.05) is 75.5 Å². The summed E-state index contributed by atoms with van der Waals surface area (Å²) in [5.74, 6) is -0.369. The molecule has 3 aromatic heterocycles. The van der Waals surface area contributed by atoms with Crippen LogP contribution in [0.3, 0.4) is 0 Å². The van der Waals surface area contributed by atoms with Gasteiger partial charge in [-0.05, 0) is 137 Å². The van der Waals surface area contributed by atoms with Crippen molar-refractivity contribution in [3.05, 3.63) is 77.7 Å². The predicted molar refractivity (Wildman–Crippen MR) is 286 cm³/mol. The van der Waals surface area contributed by atoms with Gasteiger partial charge in [0, 0.05) is 69.4 Å². The second kappa shape index (κ2) is 19.1. The SMILES string of the molecule is COCCN(CCOC12CC3(C)CC(C)(CC(Cn4ncc(-c5ccc(-c6ccc7c(c6)N(C(=O)Nc6nc8ccccc8s6)CCC7)nc5C(=O)OC(C)(C)C)c4C)(C3)C1)C2)S(=O)(=O)CC[Si](C)(C)C. The Hall–Kier alpha value is -4.52. The Balaban J connectivity index is 0.971. The first-order chi connectivity index (χ1) is 33.4. The molecule has 17 heteroatoms. The van der Waals surface area contributed by atoms with Crippen molar-refractivity contribution in [2.75, 3.05) is 55.9 Å². The van der Waals surface area contributed by atoms with Crippen LogP contribution in [-0.2, 0) is 37.2 Å². The topological polar surface area (TPSA) is 158 Å². The molecule has 71 heavy (non-hydrogen) atoms. The maximum absolute atomic E-state index is 14.2. The highest BCUT2D eigenvalue weighted by Crippen LogP contribution is 2.72. The first-order valence-electron chi connectivity index (χ1n) is 25.3. The van der Waals surface area contributed by atoms with Crippen LogP contribution in [0.15, 0.2) is 60.8 Å². The molecular weight excluding hydrogens is 951 g/mol. The summed E-state index contributed by atoms with van der Waals surface area (Å²) in [6.45, 7) is 21.6. The lowest BCUT2D eigenvalue weighted by Gasteiger charge is -2.69. The quantitative estimate of drug-likeness (QED) is 0.0702. The van der Waals surface area contributed by atoms with Gasteiger partial charge in [-0.1, -0.05) is 69.1 Å². The summed E-state index contributed by atoms with van der Waals surface area (Å²) in [5.41, 5.74) is 5.60. The molecule has 14 nitrogen and oxygen atoms in total. The number of nitrogens with one attached hydrogen (secondary N) is 1.